The first-order valence-corrected chi connectivity index (χ1v) is 10.3. The highest BCUT2D eigenvalue weighted by molar-refractivity contribution is 14.0. The molecule has 1 rings (SSSR count). The van der Waals surface area contributed by atoms with E-state index >= 15 is 0 Å². The fourth-order valence-electron chi connectivity index (χ4n) is 2.01. The van der Waals surface area contributed by atoms with Crippen LogP contribution in [0, 0.1) is 0 Å². The SMILES string of the molecule is CCS(=O)(=O)N(C)CCCNC(=NC)NCC(C)c1cccs1.I. The van der Waals surface area contributed by atoms with Crippen molar-refractivity contribution in [2.45, 2.75) is 26.2 Å². The molecule has 1 aromatic heterocycles. The maximum absolute atomic E-state index is 11.6. The molecule has 0 aliphatic rings. The molecule has 0 aromatic carbocycles. The second kappa shape index (κ2) is 12.0. The van der Waals surface area contributed by atoms with Crippen LogP contribution in [0.5, 0.6) is 0 Å². The number of nitrogens with one attached hydrogen (secondary N) is 2. The fraction of sp³-hybridized carbons (Fsp3) is 0.667. The first kappa shape index (κ1) is 23.6. The Morgan fingerprint density at radius 2 is 2.12 bits per heavy atom. The Balaban J connectivity index is 0.00000529. The number of sulfonamides is 1. The second-order valence-electron chi connectivity index (χ2n) is 5.37. The lowest BCUT2D eigenvalue weighted by molar-refractivity contribution is 0.461. The molecule has 0 saturated heterocycles. The van der Waals surface area contributed by atoms with Crippen molar-refractivity contribution in [3.63, 3.8) is 0 Å². The zero-order valence-electron chi connectivity index (χ0n) is 14.8. The number of hydrogen-bond acceptors (Lipinski definition) is 4. The number of aliphatic imine (C=N–C) groups is 1. The highest BCUT2D eigenvalue weighted by atomic mass is 127. The molecule has 0 bridgehead atoms. The van der Waals surface area contributed by atoms with E-state index in [4.69, 9.17) is 0 Å². The topological polar surface area (TPSA) is 73.8 Å². The predicted octanol–water partition coefficient (Wildman–Crippen LogP) is 2.31. The summed E-state index contributed by atoms with van der Waals surface area (Å²) in [5, 5.41) is 8.60. The first-order chi connectivity index (χ1) is 10.9. The van der Waals surface area contributed by atoms with Crippen molar-refractivity contribution in [2.75, 3.05) is 39.5 Å². The molecular formula is C15H29IN4O2S2. The Hall–Kier alpha value is -0.390. The van der Waals surface area contributed by atoms with Crippen LogP contribution in [0.25, 0.3) is 0 Å². The van der Waals surface area contributed by atoms with E-state index in [2.05, 4.69) is 40.1 Å². The summed E-state index contributed by atoms with van der Waals surface area (Å²) in [4.78, 5) is 5.54. The van der Waals surface area contributed by atoms with Crippen molar-refractivity contribution in [2.24, 2.45) is 4.99 Å². The quantitative estimate of drug-likeness (QED) is 0.242. The molecule has 24 heavy (non-hydrogen) atoms. The van der Waals surface area contributed by atoms with E-state index in [-0.39, 0.29) is 29.7 Å². The fourth-order valence-corrected chi connectivity index (χ4v) is 3.65. The van der Waals surface area contributed by atoms with Gasteiger partial charge < -0.3 is 10.6 Å². The maximum Gasteiger partial charge on any atom is 0.213 e. The van der Waals surface area contributed by atoms with Gasteiger partial charge in [-0.2, -0.15) is 0 Å². The van der Waals surface area contributed by atoms with E-state index in [1.54, 1.807) is 32.4 Å². The van der Waals surface area contributed by atoms with E-state index in [0.717, 1.165) is 18.9 Å². The van der Waals surface area contributed by atoms with E-state index in [9.17, 15) is 8.42 Å². The molecule has 1 atom stereocenters. The van der Waals surface area contributed by atoms with Crippen LogP contribution in [0.15, 0.2) is 22.5 Å². The van der Waals surface area contributed by atoms with Crippen molar-refractivity contribution in [1.29, 1.82) is 0 Å². The maximum atomic E-state index is 11.6. The van der Waals surface area contributed by atoms with Crippen LogP contribution in [0.4, 0.5) is 0 Å². The second-order valence-corrected chi connectivity index (χ2v) is 8.72. The van der Waals surface area contributed by atoms with Crippen molar-refractivity contribution >= 4 is 51.3 Å². The molecule has 1 heterocycles. The van der Waals surface area contributed by atoms with Crippen molar-refractivity contribution < 1.29 is 8.42 Å². The molecule has 0 saturated carbocycles. The van der Waals surface area contributed by atoms with E-state index < -0.39 is 10.0 Å². The monoisotopic (exact) mass is 488 g/mol. The smallest absolute Gasteiger partial charge is 0.213 e. The van der Waals surface area contributed by atoms with Crippen LogP contribution in [0.3, 0.4) is 0 Å². The average Bonchev–Trinajstić information content (AvgIpc) is 3.08. The minimum absolute atomic E-state index is 0. The summed E-state index contributed by atoms with van der Waals surface area (Å²) in [6, 6.07) is 4.20. The van der Waals surface area contributed by atoms with Crippen LogP contribution >= 0.6 is 35.3 Å². The number of guanidine groups is 1. The summed E-state index contributed by atoms with van der Waals surface area (Å²) in [6.07, 6.45) is 0.733. The Morgan fingerprint density at radius 3 is 2.67 bits per heavy atom. The number of nitrogens with zero attached hydrogens (tertiary/aromatic N) is 2. The minimum Gasteiger partial charge on any atom is -0.356 e. The van der Waals surface area contributed by atoms with Gasteiger partial charge in [-0.3, -0.25) is 4.99 Å². The summed E-state index contributed by atoms with van der Waals surface area (Å²) in [6.45, 7) is 5.83. The number of hydrogen-bond donors (Lipinski definition) is 2. The van der Waals surface area contributed by atoms with Gasteiger partial charge in [0.1, 0.15) is 0 Å². The molecule has 0 aliphatic carbocycles. The van der Waals surface area contributed by atoms with E-state index in [1.807, 2.05) is 0 Å². The molecule has 1 aromatic rings. The highest BCUT2D eigenvalue weighted by Crippen LogP contribution is 2.19. The highest BCUT2D eigenvalue weighted by Gasteiger charge is 2.14. The van der Waals surface area contributed by atoms with E-state index in [1.165, 1.54) is 9.18 Å². The Bertz CT molecular complexity index is 576. The molecule has 0 amide bonds. The average molecular weight is 488 g/mol. The molecule has 140 valence electrons. The van der Waals surface area contributed by atoms with Crippen LogP contribution in [-0.2, 0) is 10.0 Å². The van der Waals surface area contributed by atoms with Gasteiger partial charge in [-0.05, 0) is 24.8 Å². The predicted molar refractivity (Wildman–Crippen MR) is 114 cm³/mol. The van der Waals surface area contributed by atoms with Gasteiger partial charge in [-0.15, -0.1) is 35.3 Å². The molecule has 0 fully saturated rings. The summed E-state index contributed by atoms with van der Waals surface area (Å²) < 4.78 is 24.7. The third-order valence-electron chi connectivity index (χ3n) is 3.61. The zero-order valence-corrected chi connectivity index (χ0v) is 18.7. The van der Waals surface area contributed by atoms with Crippen LogP contribution in [0.1, 0.15) is 31.1 Å². The summed E-state index contributed by atoms with van der Waals surface area (Å²) in [5.41, 5.74) is 0. The lowest BCUT2D eigenvalue weighted by atomic mass is 10.1. The Morgan fingerprint density at radius 1 is 1.42 bits per heavy atom. The molecule has 6 nitrogen and oxygen atoms in total. The van der Waals surface area contributed by atoms with Crippen molar-refractivity contribution in [1.82, 2.24) is 14.9 Å². The Labute approximate surface area is 167 Å². The lowest BCUT2D eigenvalue weighted by Crippen LogP contribution is -2.40. The summed E-state index contributed by atoms with van der Waals surface area (Å²) in [7, 11) is 0.264. The Kier molecular flexibility index (Phi) is 11.8. The summed E-state index contributed by atoms with van der Waals surface area (Å²) in [5.74, 6) is 1.31. The first-order valence-electron chi connectivity index (χ1n) is 7.82. The third-order valence-corrected chi connectivity index (χ3v) is 6.58. The lowest BCUT2D eigenvalue weighted by Gasteiger charge is -2.17. The van der Waals surface area contributed by atoms with E-state index in [0.29, 0.717) is 19.0 Å². The van der Waals surface area contributed by atoms with Crippen LogP contribution in [-0.4, -0.2) is 58.2 Å². The van der Waals surface area contributed by atoms with Gasteiger partial charge in [0.05, 0.1) is 5.75 Å². The molecule has 0 spiro atoms. The summed E-state index contributed by atoms with van der Waals surface area (Å²) >= 11 is 1.76. The number of thiophene rings is 1. The number of rotatable bonds is 9. The third kappa shape index (κ3) is 8.13. The van der Waals surface area contributed by atoms with Crippen molar-refractivity contribution in [3.05, 3.63) is 22.4 Å². The molecular weight excluding hydrogens is 459 g/mol. The minimum atomic E-state index is -3.09. The van der Waals surface area contributed by atoms with Gasteiger partial charge in [-0.1, -0.05) is 13.0 Å². The zero-order chi connectivity index (χ0) is 17.3. The van der Waals surface area contributed by atoms with Crippen molar-refractivity contribution in [3.8, 4) is 0 Å². The van der Waals surface area contributed by atoms with Gasteiger partial charge in [0.2, 0.25) is 10.0 Å². The molecule has 0 radical (unpaired) electrons. The number of halogens is 1. The molecule has 9 heteroatoms. The van der Waals surface area contributed by atoms with Gasteiger partial charge in [0.15, 0.2) is 5.96 Å². The largest absolute Gasteiger partial charge is 0.356 e. The van der Waals surface area contributed by atoms with Gasteiger partial charge in [0.25, 0.3) is 0 Å². The van der Waals surface area contributed by atoms with Crippen LogP contribution < -0.4 is 10.6 Å². The standard InChI is InChI=1S/C15H28N4O2S2.HI/c1-5-23(20,21)19(4)10-7-9-17-15(16-3)18-12-13(2)14-8-6-11-22-14;/h6,8,11,13H,5,7,9-10,12H2,1-4H3,(H2,16,17,18);1H. The molecule has 2 N–H and O–H groups in total. The van der Waals surface area contributed by atoms with Gasteiger partial charge in [-0.25, -0.2) is 12.7 Å². The normalized spacial score (nSPS) is 13.5. The van der Waals surface area contributed by atoms with Gasteiger partial charge >= 0.3 is 0 Å². The molecule has 1 unspecified atom stereocenters. The van der Waals surface area contributed by atoms with Crippen LogP contribution in [0.2, 0.25) is 0 Å². The van der Waals surface area contributed by atoms with Gasteiger partial charge in [0, 0.05) is 44.5 Å². The molecule has 0 aliphatic heterocycles.